The Labute approximate surface area is 136 Å². The largest absolute Gasteiger partial charge is 0.327 e. The lowest BCUT2D eigenvalue weighted by Crippen LogP contribution is -2.53. The zero-order chi connectivity index (χ0) is 17.2. The highest BCUT2D eigenvalue weighted by Gasteiger charge is 2.34. The normalized spacial score (nSPS) is 21.0. The van der Waals surface area contributed by atoms with E-state index in [4.69, 9.17) is 5.73 Å². The molecule has 0 aliphatic carbocycles. The molecule has 1 saturated heterocycles. The molecule has 1 amide bonds. The van der Waals surface area contributed by atoms with Crippen molar-refractivity contribution in [2.24, 2.45) is 11.1 Å². The number of para-hydroxylation sites is 1. The van der Waals surface area contributed by atoms with E-state index in [1.54, 1.807) is 19.1 Å². The molecular weight excluding hydrogens is 296 g/mol. The van der Waals surface area contributed by atoms with Crippen molar-refractivity contribution in [3.8, 4) is 0 Å². The molecule has 1 fully saturated rings. The van der Waals surface area contributed by atoms with Crippen LogP contribution in [0.5, 0.6) is 0 Å². The Morgan fingerprint density at radius 2 is 2.22 bits per heavy atom. The quantitative estimate of drug-likeness (QED) is 0.651. The van der Waals surface area contributed by atoms with E-state index in [0.717, 1.165) is 19.5 Å². The van der Waals surface area contributed by atoms with Crippen LogP contribution in [0.25, 0.3) is 0 Å². The number of likely N-dealkylation sites (tertiary alicyclic amines) is 1. The van der Waals surface area contributed by atoms with Gasteiger partial charge in [-0.15, -0.1) is 0 Å². The van der Waals surface area contributed by atoms with E-state index in [9.17, 15) is 14.9 Å². The average Bonchev–Trinajstić information content (AvgIpc) is 2.44. The molecule has 2 rings (SSSR count). The smallest absolute Gasteiger partial charge is 0.293 e. The van der Waals surface area contributed by atoms with Crippen molar-refractivity contribution in [2.75, 3.05) is 25.0 Å². The van der Waals surface area contributed by atoms with Crippen LogP contribution in [0.3, 0.4) is 0 Å². The van der Waals surface area contributed by atoms with Crippen LogP contribution in [0.15, 0.2) is 18.2 Å². The molecule has 0 spiro atoms. The molecule has 1 heterocycles. The van der Waals surface area contributed by atoms with Crippen molar-refractivity contribution in [3.05, 3.63) is 33.9 Å². The molecule has 0 aromatic heterocycles. The van der Waals surface area contributed by atoms with E-state index in [0.29, 0.717) is 5.56 Å². The highest BCUT2D eigenvalue weighted by Crippen LogP contribution is 2.29. The van der Waals surface area contributed by atoms with Crippen LogP contribution < -0.4 is 11.1 Å². The molecule has 126 valence electrons. The number of aryl methyl sites for hydroxylation is 1. The number of benzene rings is 1. The summed E-state index contributed by atoms with van der Waals surface area (Å²) in [5.74, 6) is -0.242. The molecule has 1 aromatic rings. The Kier molecular flexibility index (Phi) is 5.01. The Hall–Kier alpha value is -1.99. The van der Waals surface area contributed by atoms with Crippen LogP contribution in [0, 0.1) is 22.5 Å². The molecule has 0 saturated carbocycles. The molecule has 7 nitrogen and oxygen atoms in total. The fraction of sp³-hybridized carbons (Fsp3) is 0.562. The Morgan fingerprint density at radius 1 is 1.52 bits per heavy atom. The van der Waals surface area contributed by atoms with Crippen LogP contribution in [0.1, 0.15) is 25.8 Å². The number of nitro benzene ring substituents is 1. The molecule has 0 radical (unpaired) electrons. The SMILES string of the molecule is Cc1cccc([N+](=O)[O-])c1NC(=O)CN1CCC(N)C(C)(C)C1. The summed E-state index contributed by atoms with van der Waals surface area (Å²) in [5, 5.41) is 13.8. The number of hydrogen-bond acceptors (Lipinski definition) is 5. The standard InChI is InChI=1S/C16H24N4O3/c1-11-5-4-6-12(20(22)23)15(11)18-14(21)9-19-8-7-13(17)16(2,3)10-19/h4-6,13H,7-10,17H2,1-3H3,(H,18,21). The van der Waals surface area contributed by atoms with Gasteiger partial charge < -0.3 is 11.1 Å². The fourth-order valence-electron chi connectivity index (χ4n) is 2.97. The van der Waals surface area contributed by atoms with Gasteiger partial charge in [0.1, 0.15) is 5.69 Å². The summed E-state index contributed by atoms with van der Waals surface area (Å²) in [6.07, 6.45) is 0.838. The van der Waals surface area contributed by atoms with Gasteiger partial charge in [0.2, 0.25) is 5.91 Å². The van der Waals surface area contributed by atoms with Crippen molar-refractivity contribution in [1.82, 2.24) is 4.90 Å². The second kappa shape index (κ2) is 6.64. The van der Waals surface area contributed by atoms with E-state index in [1.165, 1.54) is 6.07 Å². The fourth-order valence-corrected chi connectivity index (χ4v) is 2.97. The van der Waals surface area contributed by atoms with Gasteiger partial charge >= 0.3 is 0 Å². The first-order valence-corrected chi connectivity index (χ1v) is 7.72. The lowest BCUT2D eigenvalue weighted by molar-refractivity contribution is -0.384. The van der Waals surface area contributed by atoms with Crippen molar-refractivity contribution in [1.29, 1.82) is 0 Å². The number of rotatable bonds is 4. The van der Waals surface area contributed by atoms with Gasteiger partial charge in [-0.2, -0.15) is 0 Å². The van der Waals surface area contributed by atoms with Crippen molar-refractivity contribution < 1.29 is 9.72 Å². The summed E-state index contributed by atoms with van der Waals surface area (Å²) in [4.78, 5) is 25.0. The van der Waals surface area contributed by atoms with Crippen LogP contribution >= 0.6 is 0 Å². The van der Waals surface area contributed by atoms with Crippen molar-refractivity contribution in [2.45, 2.75) is 33.2 Å². The zero-order valence-electron chi connectivity index (χ0n) is 13.8. The number of hydrogen-bond donors (Lipinski definition) is 2. The first-order chi connectivity index (χ1) is 10.7. The van der Waals surface area contributed by atoms with Crippen LogP contribution in [0.2, 0.25) is 0 Å². The van der Waals surface area contributed by atoms with Crippen molar-refractivity contribution in [3.63, 3.8) is 0 Å². The van der Waals surface area contributed by atoms with Gasteiger partial charge in [0.15, 0.2) is 0 Å². The third kappa shape index (κ3) is 4.05. The maximum Gasteiger partial charge on any atom is 0.293 e. The second-order valence-electron chi connectivity index (χ2n) is 6.87. The van der Waals surface area contributed by atoms with Gasteiger partial charge in [0, 0.05) is 25.2 Å². The number of amides is 1. The number of carbonyl (C=O) groups is 1. The Morgan fingerprint density at radius 3 is 2.83 bits per heavy atom. The summed E-state index contributed by atoms with van der Waals surface area (Å²) in [7, 11) is 0. The molecule has 1 aliphatic rings. The molecular formula is C16H24N4O3. The van der Waals surface area contributed by atoms with Gasteiger partial charge in [0.25, 0.3) is 5.69 Å². The minimum Gasteiger partial charge on any atom is -0.327 e. The third-order valence-corrected chi connectivity index (χ3v) is 4.47. The summed E-state index contributed by atoms with van der Waals surface area (Å²) in [6, 6.07) is 4.87. The number of nitrogens with zero attached hydrogens (tertiary/aromatic N) is 2. The molecule has 0 bridgehead atoms. The lowest BCUT2D eigenvalue weighted by atomic mass is 9.80. The number of nitrogens with two attached hydrogens (primary N) is 1. The number of nitro groups is 1. The topological polar surface area (TPSA) is 102 Å². The predicted octanol–water partition coefficient (Wildman–Crippen LogP) is 1.90. The van der Waals surface area contributed by atoms with Crippen LogP contribution in [0.4, 0.5) is 11.4 Å². The highest BCUT2D eigenvalue weighted by molar-refractivity contribution is 5.95. The number of anilines is 1. The second-order valence-corrected chi connectivity index (χ2v) is 6.87. The van der Waals surface area contributed by atoms with E-state index >= 15 is 0 Å². The monoisotopic (exact) mass is 320 g/mol. The molecule has 7 heteroatoms. The molecule has 23 heavy (non-hydrogen) atoms. The zero-order valence-corrected chi connectivity index (χ0v) is 13.8. The third-order valence-electron chi connectivity index (χ3n) is 4.47. The summed E-state index contributed by atoms with van der Waals surface area (Å²) in [5.41, 5.74) is 6.92. The van der Waals surface area contributed by atoms with Gasteiger partial charge in [-0.25, -0.2) is 0 Å². The molecule has 1 atom stereocenters. The molecule has 1 aliphatic heterocycles. The maximum absolute atomic E-state index is 12.3. The van der Waals surface area contributed by atoms with Gasteiger partial charge in [-0.3, -0.25) is 19.8 Å². The number of piperidine rings is 1. The van der Waals surface area contributed by atoms with E-state index in [-0.39, 0.29) is 35.3 Å². The minimum atomic E-state index is -0.481. The first kappa shape index (κ1) is 17.4. The summed E-state index contributed by atoms with van der Waals surface area (Å²) in [6.45, 7) is 7.63. The number of carbonyl (C=O) groups excluding carboxylic acids is 1. The van der Waals surface area contributed by atoms with Gasteiger partial charge in [-0.1, -0.05) is 26.0 Å². The highest BCUT2D eigenvalue weighted by atomic mass is 16.6. The Bertz CT molecular complexity index is 615. The molecule has 3 N–H and O–H groups in total. The average molecular weight is 320 g/mol. The lowest BCUT2D eigenvalue weighted by Gasteiger charge is -2.42. The molecule has 1 unspecified atom stereocenters. The molecule has 1 aromatic carbocycles. The van der Waals surface area contributed by atoms with Crippen LogP contribution in [-0.2, 0) is 4.79 Å². The summed E-state index contributed by atoms with van der Waals surface area (Å²) >= 11 is 0. The summed E-state index contributed by atoms with van der Waals surface area (Å²) < 4.78 is 0. The number of nitrogens with one attached hydrogen (secondary N) is 1. The minimum absolute atomic E-state index is 0.0484. The maximum atomic E-state index is 12.3. The first-order valence-electron chi connectivity index (χ1n) is 7.72. The van der Waals surface area contributed by atoms with E-state index < -0.39 is 4.92 Å². The predicted molar refractivity (Wildman–Crippen MR) is 89.3 cm³/mol. The van der Waals surface area contributed by atoms with Gasteiger partial charge in [0.05, 0.1) is 11.5 Å². The van der Waals surface area contributed by atoms with Crippen LogP contribution in [-0.4, -0.2) is 41.4 Å². The Balaban J connectivity index is 2.05. The van der Waals surface area contributed by atoms with Crippen molar-refractivity contribution >= 4 is 17.3 Å². The van der Waals surface area contributed by atoms with E-state index in [1.807, 2.05) is 4.90 Å². The van der Waals surface area contributed by atoms with Gasteiger partial charge in [-0.05, 0) is 24.3 Å². The van der Waals surface area contributed by atoms with E-state index in [2.05, 4.69) is 19.2 Å².